The zero-order valence-electron chi connectivity index (χ0n) is 19.1. The number of nitrogens with zero attached hydrogens (tertiary/aromatic N) is 2. The lowest BCUT2D eigenvalue weighted by atomic mass is 9.75. The highest BCUT2D eigenvalue weighted by Crippen LogP contribution is 2.58. The Morgan fingerprint density at radius 3 is 2.38 bits per heavy atom. The van der Waals surface area contributed by atoms with E-state index in [1.807, 2.05) is 36.4 Å². The molecule has 2 amide bonds. The SMILES string of the molecule is CCN1C(=O)[C@H]2[C@@H](c3ccc(-c4ccc(Cl)c(Cl)c4)cc3)N3CCCC[C@@]3(C(=O)OC)[C@H]2C1=O. The molecule has 0 radical (unpaired) electrons. The molecule has 2 aromatic rings. The van der Waals surface area contributed by atoms with Crippen LogP contribution in [0, 0.1) is 11.8 Å². The minimum atomic E-state index is -1.11. The second-order valence-electron chi connectivity index (χ2n) is 9.19. The van der Waals surface area contributed by atoms with Gasteiger partial charge in [-0.05, 0) is 61.6 Å². The fraction of sp³-hybridized carbons (Fsp3) is 0.423. The summed E-state index contributed by atoms with van der Waals surface area (Å²) < 4.78 is 5.25. The van der Waals surface area contributed by atoms with Gasteiger partial charge in [-0.2, -0.15) is 0 Å². The third-order valence-corrected chi connectivity index (χ3v) is 8.45. The van der Waals surface area contributed by atoms with Gasteiger partial charge < -0.3 is 4.74 Å². The Balaban J connectivity index is 1.60. The highest BCUT2D eigenvalue weighted by atomic mass is 35.5. The molecule has 8 heteroatoms. The van der Waals surface area contributed by atoms with Crippen LogP contribution >= 0.6 is 23.2 Å². The zero-order valence-corrected chi connectivity index (χ0v) is 20.6. The molecular weight excluding hydrogens is 475 g/mol. The number of likely N-dealkylation sites (tertiary alicyclic amines) is 1. The van der Waals surface area contributed by atoms with Gasteiger partial charge >= 0.3 is 5.97 Å². The number of halogens is 2. The summed E-state index contributed by atoms with van der Waals surface area (Å²) in [5.74, 6) is -2.22. The molecule has 3 saturated heterocycles. The van der Waals surface area contributed by atoms with Crippen LogP contribution in [0.4, 0.5) is 0 Å². The molecule has 0 N–H and O–H groups in total. The van der Waals surface area contributed by atoms with Crippen LogP contribution in [0.1, 0.15) is 37.8 Å². The molecular formula is C26H26Cl2N2O4. The van der Waals surface area contributed by atoms with Crippen LogP contribution in [-0.2, 0) is 19.1 Å². The molecule has 0 bridgehead atoms. The average molecular weight is 501 g/mol. The van der Waals surface area contributed by atoms with Crippen LogP contribution in [0.5, 0.6) is 0 Å². The minimum Gasteiger partial charge on any atom is -0.468 e. The first-order valence-electron chi connectivity index (χ1n) is 11.6. The van der Waals surface area contributed by atoms with E-state index in [2.05, 4.69) is 4.90 Å². The van der Waals surface area contributed by atoms with Crippen molar-refractivity contribution >= 4 is 41.0 Å². The predicted molar refractivity (Wildman–Crippen MR) is 129 cm³/mol. The highest BCUT2D eigenvalue weighted by Gasteiger charge is 2.72. The summed E-state index contributed by atoms with van der Waals surface area (Å²) in [6.45, 7) is 2.72. The number of fused-ring (bicyclic) bond motifs is 3. The number of piperidine rings is 1. The molecule has 0 aromatic heterocycles. The van der Waals surface area contributed by atoms with E-state index in [9.17, 15) is 14.4 Å². The van der Waals surface area contributed by atoms with Gasteiger partial charge in [0.1, 0.15) is 5.54 Å². The molecule has 3 fully saturated rings. The Kier molecular flexibility index (Phi) is 5.95. The molecule has 3 heterocycles. The zero-order chi connectivity index (χ0) is 24.2. The van der Waals surface area contributed by atoms with Crippen molar-refractivity contribution in [2.75, 3.05) is 20.2 Å². The summed E-state index contributed by atoms with van der Waals surface area (Å²) in [5, 5.41) is 0.973. The third-order valence-electron chi connectivity index (χ3n) is 7.71. The Labute approximate surface area is 208 Å². The summed E-state index contributed by atoms with van der Waals surface area (Å²) in [6.07, 6.45) is 2.22. The van der Waals surface area contributed by atoms with Gasteiger partial charge in [-0.3, -0.25) is 24.2 Å². The number of imide groups is 1. The van der Waals surface area contributed by atoms with Crippen molar-refractivity contribution in [3.63, 3.8) is 0 Å². The smallest absolute Gasteiger partial charge is 0.327 e. The lowest BCUT2D eigenvalue weighted by molar-refractivity contribution is -0.164. The number of carbonyl (C=O) groups is 3. The molecule has 3 aliphatic rings. The van der Waals surface area contributed by atoms with Gasteiger partial charge in [0, 0.05) is 12.6 Å². The Morgan fingerprint density at radius 2 is 1.74 bits per heavy atom. The summed E-state index contributed by atoms with van der Waals surface area (Å²) in [4.78, 5) is 43.6. The molecule has 5 rings (SSSR count). The van der Waals surface area contributed by atoms with Crippen LogP contribution in [0.3, 0.4) is 0 Å². The van der Waals surface area contributed by atoms with Crippen LogP contribution in [-0.4, -0.2) is 53.3 Å². The number of amides is 2. The number of hydrogen-bond donors (Lipinski definition) is 0. The van der Waals surface area contributed by atoms with Gasteiger partial charge in [-0.15, -0.1) is 0 Å². The van der Waals surface area contributed by atoms with Crippen molar-refractivity contribution in [2.45, 2.75) is 37.8 Å². The van der Waals surface area contributed by atoms with Gasteiger partial charge in [-0.1, -0.05) is 53.5 Å². The molecule has 34 heavy (non-hydrogen) atoms. The predicted octanol–water partition coefficient (Wildman–Crippen LogP) is 4.73. The van der Waals surface area contributed by atoms with Crippen molar-refractivity contribution in [3.05, 3.63) is 58.1 Å². The fourth-order valence-electron chi connectivity index (χ4n) is 6.28. The molecule has 178 valence electrons. The van der Waals surface area contributed by atoms with Crippen molar-refractivity contribution in [2.24, 2.45) is 11.8 Å². The highest BCUT2D eigenvalue weighted by molar-refractivity contribution is 6.42. The van der Waals surface area contributed by atoms with E-state index in [4.69, 9.17) is 27.9 Å². The Morgan fingerprint density at radius 1 is 1.03 bits per heavy atom. The summed E-state index contributed by atoms with van der Waals surface area (Å²) in [6, 6.07) is 13.0. The van der Waals surface area contributed by atoms with Crippen molar-refractivity contribution in [1.82, 2.24) is 9.80 Å². The number of ether oxygens (including phenoxy) is 1. The first-order valence-corrected chi connectivity index (χ1v) is 12.4. The quantitative estimate of drug-likeness (QED) is 0.448. The standard InChI is InChI=1S/C26H26Cl2N2O4/c1-3-29-23(31)20-21(24(29)32)26(25(33)34-2)12-4-5-13-30(26)22(20)16-8-6-15(7-9-16)17-10-11-18(27)19(28)14-17/h6-11,14,20-22H,3-5,12-13H2,1-2H3/t20-,21-,22-,26+/m1/s1. The topological polar surface area (TPSA) is 66.9 Å². The lowest BCUT2D eigenvalue weighted by Gasteiger charge is -2.44. The van der Waals surface area contributed by atoms with Crippen LogP contribution in [0.2, 0.25) is 10.0 Å². The van der Waals surface area contributed by atoms with Crippen LogP contribution < -0.4 is 0 Å². The summed E-state index contributed by atoms with van der Waals surface area (Å²) in [7, 11) is 1.36. The Bertz CT molecular complexity index is 1170. The van der Waals surface area contributed by atoms with E-state index < -0.39 is 23.3 Å². The molecule has 0 aliphatic carbocycles. The molecule has 0 spiro atoms. The van der Waals surface area contributed by atoms with Crippen LogP contribution in [0.15, 0.2) is 42.5 Å². The maximum Gasteiger partial charge on any atom is 0.327 e. The van der Waals surface area contributed by atoms with Gasteiger partial charge in [0.2, 0.25) is 11.8 Å². The van der Waals surface area contributed by atoms with Gasteiger partial charge in [0.05, 0.1) is 29.0 Å². The normalized spacial score (nSPS) is 28.7. The number of benzene rings is 2. The maximum absolute atomic E-state index is 13.5. The number of carbonyl (C=O) groups excluding carboxylic acids is 3. The number of rotatable bonds is 4. The van der Waals surface area contributed by atoms with Gasteiger partial charge in [0.15, 0.2) is 0 Å². The van der Waals surface area contributed by atoms with E-state index >= 15 is 0 Å². The fourth-order valence-corrected chi connectivity index (χ4v) is 6.57. The van der Waals surface area contributed by atoms with E-state index in [0.717, 1.165) is 29.5 Å². The van der Waals surface area contributed by atoms with Crippen molar-refractivity contribution in [3.8, 4) is 11.1 Å². The molecule has 4 atom stereocenters. The largest absolute Gasteiger partial charge is 0.468 e. The van der Waals surface area contributed by atoms with Gasteiger partial charge in [-0.25, -0.2) is 0 Å². The van der Waals surface area contributed by atoms with E-state index in [0.29, 0.717) is 29.6 Å². The number of esters is 1. The number of methoxy groups -OCH3 is 1. The first-order chi connectivity index (χ1) is 16.3. The number of hydrogen-bond acceptors (Lipinski definition) is 5. The average Bonchev–Trinajstić information content (AvgIpc) is 3.30. The van der Waals surface area contributed by atoms with Crippen molar-refractivity contribution in [1.29, 1.82) is 0 Å². The summed E-state index contributed by atoms with van der Waals surface area (Å²) >= 11 is 12.3. The lowest BCUT2D eigenvalue weighted by Crippen LogP contribution is -2.59. The second-order valence-corrected chi connectivity index (χ2v) is 10.0. The Hall–Kier alpha value is -2.41. The molecule has 6 nitrogen and oxygen atoms in total. The maximum atomic E-state index is 13.5. The van der Waals surface area contributed by atoms with E-state index in [1.54, 1.807) is 13.0 Å². The summed E-state index contributed by atoms with van der Waals surface area (Å²) in [5.41, 5.74) is 1.68. The second kappa shape index (κ2) is 8.67. The molecule has 0 saturated carbocycles. The molecule has 0 unspecified atom stereocenters. The first kappa shape index (κ1) is 23.3. The molecule has 3 aliphatic heterocycles. The monoisotopic (exact) mass is 500 g/mol. The minimum absolute atomic E-state index is 0.200. The van der Waals surface area contributed by atoms with Crippen molar-refractivity contribution < 1.29 is 19.1 Å². The van der Waals surface area contributed by atoms with E-state index in [-0.39, 0.29) is 17.9 Å². The van der Waals surface area contributed by atoms with Gasteiger partial charge in [0.25, 0.3) is 0 Å². The molecule has 2 aromatic carbocycles. The van der Waals surface area contributed by atoms with E-state index in [1.165, 1.54) is 12.0 Å². The third kappa shape index (κ3) is 3.23. The van der Waals surface area contributed by atoms with Crippen LogP contribution in [0.25, 0.3) is 11.1 Å².